The third kappa shape index (κ3) is 5.00. The maximum absolute atomic E-state index is 12.1. The molecule has 112 valence electrons. The van der Waals surface area contributed by atoms with Crippen LogP contribution in [0.4, 0.5) is 13.2 Å². The van der Waals surface area contributed by atoms with Crippen molar-refractivity contribution >= 4 is 10.1 Å². The smallest absolute Gasteiger partial charge is 0.381 e. The Balaban J connectivity index is 2.62. The van der Waals surface area contributed by atoms with Gasteiger partial charge in [-0.15, -0.1) is 0 Å². The molecule has 0 atom stereocenters. The van der Waals surface area contributed by atoms with Crippen molar-refractivity contribution in [1.29, 1.82) is 0 Å². The Bertz CT molecular complexity index is 450. The van der Waals surface area contributed by atoms with E-state index in [2.05, 4.69) is 4.18 Å². The van der Waals surface area contributed by atoms with E-state index in [-0.39, 0.29) is 25.3 Å². The van der Waals surface area contributed by atoms with Crippen molar-refractivity contribution in [3.63, 3.8) is 0 Å². The van der Waals surface area contributed by atoms with Gasteiger partial charge in [0.15, 0.2) is 0 Å². The average Bonchev–Trinajstić information content (AvgIpc) is 2.16. The van der Waals surface area contributed by atoms with Crippen molar-refractivity contribution in [3.8, 4) is 0 Å². The molecule has 0 aliphatic carbocycles. The average molecular weight is 303 g/mol. The molecular weight excluding hydrogens is 287 g/mol. The van der Waals surface area contributed by atoms with Crippen molar-refractivity contribution in [2.75, 3.05) is 13.1 Å². The van der Waals surface area contributed by atoms with E-state index < -0.39 is 21.2 Å². The van der Waals surface area contributed by atoms with E-state index in [4.69, 9.17) is 4.84 Å². The molecular formula is C10H16F3NO4S. The van der Waals surface area contributed by atoms with Crippen molar-refractivity contribution in [2.24, 2.45) is 0 Å². The van der Waals surface area contributed by atoms with Gasteiger partial charge in [0.25, 0.3) is 0 Å². The van der Waals surface area contributed by atoms with Crippen LogP contribution in [0, 0.1) is 0 Å². The Morgan fingerprint density at radius 3 is 2.21 bits per heavy atom. The summed E-state index contributed by atoms with van der Waals surface area (Å²) in [7, 11) is -5.58. The molecule has 0 N–H and O–H groups in total. The number of hydrogen-bond donors (Lipinski definition) is 0. The second kappa shape index (κ2) is 5.29. The Hall–Kier alpha value is -0.800. The highest BCUT2D eigenvalue weighted by molar-refractivity contribution is 7.87. The summed E-state index contributed by atoms with van der Waals surface area (Å²) in [5.41, 5.74) is -5.84. The Labute approximate surface area is 110 Å². The molecule has 1 heterocycles. The van der Waals surface area contributed by atoms with Gasteiger partial charge < -0.3 is 4.18 Å². The fourth-order valence-corrected chi connectivity index (χ4v) is 1.89. The lowest BCUT2D eigenvalue weighted by atomic mass is 10.2. The predicted molar refractivity (Wildman–Crippen MR) is 61.2 cm³/mol. The van der Waals surface area contributed by atoms with Gasteiger partial charge in [0, 0.05) is 19.5 Å². The van der Waals surface area contributed by atoms with Crippen LogP contribution in [0.2, 0.25) is 0 Å². The van der Waals surface area contributed by atoms with E-state index in [1.807, 2.05) is 20.8 Å². The Morgan fingerprint density at radius 1 is 1.26 bits per heavy atom. The van der Waals surface area contributed by atoms with Gasteiger partial charge in [0.05, 0.1) is 5.60 Å². The first-order valence-electron chi connectivity index (χ1n) is 5.54. The summed E-state index contributed by atoms with van der Waals surface area (Å²) in [5.74, 6) is -0.217. The molecule has 0 aromatic heterocycles. The Morgan fingerprint density at radius 2 is 1.84 bits per heavy atom. The van der Waals surface area contributed by atoms with Gasteiger partial charge in [-0.05, 0) is 26.8 Å². The van der Waals surface area contributed by atoms with Crippen LogP contribution in [0.15, 0.2) is 11.8 Å². The zero-order chi connectivity index (χ0) is 14.9. The van der Waals surface area contributed by atoms with E-state index in [0.29, 0.717) is 0 Å². The van der Waals surface area contributed by atoms with Crippen molar-refractivity contribution < 1.29 is 30.6 Å². The van der Waals surface area contributed by atoms with Gasteiger partial charge in [-0.25, -0.2) is 0 Å². The van der Waals surface area contributed by atoms with Crippen LogP contribution >= 0.6 is 0 Å². The number of halogens is 3. The predicted octanol–water partition coefficient (Wildman–Crippen LogP) is 2.17. The van der Waals surface area contributed by atoms with E-state index >= 15 is 0 Å². The molecule has 1 rings (SSSR count). The molecule has 1 aliphatic rings. The minimum Gasteiger partial charge on any atom is -0.381 e. The van der Waals surface area contributed by atoms with Gasteiger partial charge in [0.2, 0.25) is 0 Å². The number of hydrogen-bond acceptors (Lipinski definition) is 5. The minimum atomic E-state index is -5.58. The lowest BCUT2D eigenvalue weighted by Gasteiger charge is -2.31. The van der Waals surface area contributed by atoms with Crippen LogP contribution in [0.25, 0.3) is 0 Å². The monoisotopic (exact) mass is 303 g/mol. The van der Waals surface area contributed by atoms with E-state index in [1.54, 1.807) is 0 Å². The van der Waals surface area contributed by atoms with Gasteiger partial charge in [-0.3, -0.25) is 4.84 Å². The van der Waals surface area contributed by atoms with Crippen LogP contribution in [0.3, 0.4) is 0 Å². The van der Waals surface area contributed by atoms with Crippen LogP contribution in [0.1, 0.15) is 27.2 Å². The summed E-state index contributed by atoms with van der Waals surface area (Å²) in [4.78, 5) is 5.49. The Kier molecular flexibility index (Phi) is 4.53. The maximum Gasteiger partial charge on any atom is 0.534 e. The molecule has 1 aliphatic heterocycles. The van der Waals surface area contributed by atoms with Crippen LogP contribution < -0.4 is 0 Å². The molecule has 0 spiro atoms. The van der Waals surface area contributed by atoms with Crippen LogP contribution in [-0.2, 0) is 19.1 Å². The zero-order valence-corrected chi connectivity index (χ0v) is 11.6. The number of alkyl halides is 3. The molecule has 19 heavy (non-hydrogen) atoms. The highest BCUT2D eigenvalue weighted by Crippen LogP contribution is 2.28. The first kappa shape index (κ1) is 16.3. The minimum absolute atomic E-state index is 0.0331. The van der Waals surface area contributed by atoms with Gasteiger partial charge in [-0.2, -0.15) is 26.7 Å². The molecule has 0 unspecified atom stereocenters. The molecule has 5 nitrogen and oxygen atoms in total. The van der Waals surface area contributed by atoms with E-state index in [1.165, 1.54) is 11.1 Å². The molecule has 0 amide bonds. The molecule has 0 bridgehead atoms. The van der Waals surface area contributed by atoms with E-state index in [9.17, 15) is 21.6 Å². The third-order valence-corrected chi connectivity index (χ3v) is 3.03. The second-order valence-corrected chi connectivity index (χ2v) is 6.53. The van der Waals surface area contributed by atoms with Crippen LogP contribution in [-0.4, -0.2) is 37.7 Å². The molecule has 0 aromatic rings. The van der Waals surface area contributed by atoms with Gasteiger partial charge >= 0.3 is 15.6 Å². The third-order valence-electron chi connectivity index (χ3n) is 2.03. The topological polar surface area (TPSA) is 55.8 Å². The summed E-state index contributed by atoms with van der Waals surface area (Å²) in [5, 5.41) is 1.53. The number of rotatable bonds is 3. The van der Waals surface area contributed by atoms with Crippen molar-refractivity contribution in [2.45, 2.75) is 38.3 Å². The van der Waals surface area contributed by atoms with Gasteiger partial charge in [0.1, 0.15) is 5.76 Å². The quantitative estimate of drug-likeness (QED) is 0.591. The molecule has 0 saturated carbocycles. The molecule has 9 heteroatoms. The summed E-state index contributed by atoms with van der Waals surface area (Å²) in [6.45, 7) is 5.92. The SMILES string of the molecule is CC(C)(C)ON1CC=C(OS(=O)(=O)C(F)(F)F)CC1. The largest absolute Gasteiger partial charge is 0.534 e. The zero-order valence-electron chi connectivity index (χ0n) is 10.8. The van der Waals surface area contributed by atoms with E-state index in [0.717, 1.165) is 0 Å². The molecule has 0 radical (unpaired) electrons. The molecule has 0 saturated heterocycles. The highest BCUT2D eigenvalue weighted by atomic mass is 32.2. The van der Waals surface area contributed by atoms with Gasteiger partial charge in [-0.1, -0.05) is 0 Å². The second-order valence-electron chi connectivity index (χ2n) is 5.00. The van der Waals surface area contributed by atoms with Crippen molar-refractivity contribution in [1.82, 2.24) is 5.06 Å². The highest BCUT2D eigenvalue weighted by Gasteiger charge is 2.48. The van der Waals surface area contributed by atoms with Crippen molar-refractivity contribution in [3.05, 3.63) is 11.8 Å². The summed E-state index contributed by atoms with van der Waals surface area (Å²) < 4.78 is 62.0. The number of hydroxylamine groups is 2. The molecule has 0 aromatic carbocycles. The fraction of sp³-hybridized carbons (Fsp3) is 0.800. The maximum atomic E-state index is 12.1. The summed E-state index contributed by atoms with van der Waals surface area (Å²) in [6.07, 6.45) is 1.30. The first-order chi connectivity index (χ1) is 8.41. The normalized spacial score (nSPS) is 19.2. The fourth-order valence-electron chi connectivity index (χ4n) is 1.37. The standard InChI is InChI=1S/C10H16F3NO4S/c1-9(2,3)18-14-6-4-8(5-7-14)17-19(15,16)10(11,12)13/h4H,5-7H2,1-3H3. The molecule has 0 fully saturated rings. The lowest BCUT2D eigenvalue weighted by molar-refractivity contribution is -0.225. The van der Waals surface area contributed by atoms with Crippen LogP contribution in [0.5, 0.6) is 0 Å². The first-order valence-corrected chi connectivity index (χ1v) is 6.95. The lowest BCUT2D eigenvalue weighted by Crippen LogP contribution is -2.37. The summed E-state index contributed by atoms with van der Waals surface area (Å²) >= 11 is 0. The number of nitrogens with zero attached hydrogens (tertiary/aromatic N) is 1. The summed E-state index contributed by atoms with van der Waals surface area (Å²) in [6, 6.07) is 0.